The molecule has 0 radical (unpaired) electrons. The molecule has 2 atom stereocenters. The number of rotatable bonds is 6. The van der Waals surface area contributed by atoms with E-state index in [9.17, 15) is 4.79 Å². The maximum Gasteiger partial charge on any atom is 0.310 e. The second-order valence-corrected chi connectivity index (χ2v) is 5.98. The molecule has 1 aliphatic heterocycles. The smallest absolute Gasteiger partial charge is 0.310 e. The predicted molar refractivity (Wildman–Crippen MR) is 77.6 cm³/mol. The maximum atomic E-state index is 10.9. The minimum atomic E-state index is -0.777. The van der Waals surface area contributed by atoms with Crippen LogP contribution in [0.3, 0.4) is 0 Å². The van der Waals surface area contributed by atoms with E-state index in [4.69, 9.17) is 9.84 Å². The first kappa shape index (κ1) is 14.4. The van der Waals surface area contributed by atoms with Crippen LogP contribution in [0.25, 0.3) is 0 Å². The van der Waals surface area contributed by atoms with Crippen molar-refractivity contribution < 1.29 is 14.6 Å². The second-order valence-electron chi connectivity index (χ2n) is 4.95. The number of aliphatic carboxylic acids is 1. The van der Waals surface area contributed by atoms with E-state index in [1.807, 2.05) is 36.0 Å². The number of hydrogen-bond acceptors (Lipinski definition) is 3. The topological polar surface area (TPSA) is 46.5 Å². The Kier molecular flexibility index (Phi) is 5.28. The second kappa shape index (κ2) is 6.96. The SMILES string of the molecule is CC(C(=O)O)c1ccc(CSCC2CCCO2)cc1. The van der Waals surface area contributed by atoms with Crippen molar-refractivity contribution in [2.45, 2.75) is 37.5 Å². The van der Waals surface area contributed by atoms with Gasteiger partial charge >= 0.3 is 5.97 Å². The monoisotopic (exact) mass is 280 g/mol. The fraction of sp³-hybridized carbons (Fsp3) is 0.533. The summed E-state index contributed by atoms with van der Waals surface area (Å²) in [6.07, 6.45) is 2.80. The lowest BCUT2D eigenvalue weighted by molar-refractivity contribution is -0.138. The average Bonchev–Trinajstić information content (AvgIpc) is 2.92. The van der Waals surface area contributed by atoms with Crippen LogP contribution in [0.15, 0.2) is 24.3 Å². The van der Waals surface area contributed by atoms with E-state index < -0.39 is 11.9 Å². The van der Waals surface area contributed by atoms with Gasteiger partial charge in [0.1, 0.15) is 0 Å². The number of thioether (sulfide) groups is 1. The zero-order valence-corrected chi connectivity index (χ0v) is 12.0. The lowest BCUT2D eigenvalue weighted by Gasteiger charge is -2.10. The number of carbonyl (C=O) groups is 1. The summed E-state index contributed by atoms with van der Waals surface area (Å²) in [6, 6.07) is 7.88. The molecule has 1 aromatic rings. The van der Waals surface area contributed by atoms with Crippen molar-refractivity contribution in [3.05, 3.63) is 35.4 Å². The van der Waals surface area contributed by atoms with Gasteiger partial charge in [0, 0.05) is 18.1 Å². The fourth-order valence-electron chi connectivity index (χ4n) is 2.13. The minimum absolute atomic E-state index is 0.427. The number of hydrogen-bond donors (Lipinski definition) is 1. The van der Waals surface area contributed by atoms with Gasteiger partial charge in [-0.05, 0) is 30.9 Å². The first-order valence-electron chi connectivity index (χ1n) is 6.68. The summed E-state index contributed by atoms with van der Waals surface area (Å²) < 4.78 is 5.58. The van der Waals surface area contributed by atoms with E-state index in [1.54, 1.807) is 6.92 Å². The Morgan fingerprint density at radius 3 is 2.79 bits per heavy atom. The van der Waals surface area contributed by atoms with Gasteiger partial charge in [-0.2, -0.15) is 11.8 Å². The van der Waals surface area contributed by atoms with E-state index in [-0.39, 0.29) is 0 Å². The van der Waals surface area contributed by atoms with Gasteiger partial charge in [-0.15, -0.1) is 0 Å². The minimum Gasteiger partial charge on any atom is -0.481 e. The highest BCUT2D eigenvalue weighted by Gasteiger charge is 2.15. The van der Waals surface area contributed by atoms with Gasteiger partial charge in [-0.1, -0.05) is 24.3 Å². The highest BCUT2D eigenvalue weighted by atomic mass is 32.2. The van der Waals surface area contributed by atoms with Crippen LogP contribution in [0.2, 0.25) is 0 Å². The van der Waals surface area contributed by atoms with E-state index >= 15 is 0 Å². The molecule has 0 amide bonds. The summed E-state index contributed by atoms with van der Waals surface area (Å²) in [5.41, 5.74) is 2.10. The van der Waals surface area contributed by atoms with E-state index in [0.717, 1.165) is 23.7 Å². The van der Waals surface area contributed by atoms with Crippen LogP contribution in [-0.2, 0) is 15.3 Å². The van der Waals surface area contributed by atoms with Gasteiger partial charge in [0.25, 0.3) is 0 Å². The van der Waals surface area contributed by atoms with Crippen molar-refractivity contribution in [1.29, 1.82) is 0 Å². The highest BCUT2D eigenvalue weighted by Crippen LogP contribution is 2.22. The van der Waals surface area contributed by atoms with Crippen molar-refractivity contribution >= 4 is 17.7 Å². The molecule has 0 bridgehead atoms. The zero-order valence-electron chi connectivity index (χ0n) is 11.2. The third-order valence-corrected chi connectivity index (χ3v) is 4.59. The quantitative estimate of drug-likeness (QED) is 0.868. The molecule has 104 valence electrons. The Balaban J connectivity index is 1.79. The molecule has 1 aromatic carbocycles. The Labute approximate surface area is 118 Å². The van der Waals surface area contributed by atoms with E-state index in [1.165, 1.54) is 18.4 Å². The maximum absolute atomic E-state index is 10.9. The van der Waals surface area contributed by atoms with Crippen molar-refractivity contribution in [3.8, 4) is 0 Å². The Hall–Kier alpha value is -1.00. The van der Waals surface area contributed by atoms with E-state index in [2.05, 4.69) is 0 Å². The average molecular weight is 280 g/mol. The van der Waals surface area contributed by atoms with Crippen molar-refractivity contribution in [2.24, 2.45) is 0 Å². The summed E-state index contributed by atoms with van der Waals surface area (Å²) in [5.74, 6) is 0.795. The summed E-state index contributed by atoms with van der Waals surface area (Å²) in [5, 5.41) is 8.95. The van der Waals surface area contributed by atoms with Crippen LogP contribution in [0.5, 0.6) is 0 Å². The normalized spacial score (nSPS) is 20.4. The number of carboxylic acids is 1. The molecule has 3 nitrogen and oxygen atoms in total. The molecular weight excluding hydrogens is 260 g/mol. The number of carboxylic acid groups (broad SMARTS) is 1. The molecule has 0 saturated carbocycles. The number of benzene rings is 1. The van der Waals surface area contributed by atoms with Gasteiger partial charge in [0.15, 0.2) is 0 Å². The molecule has 19 heavy (non-hydrogen) atoms. The van der Waals surface area contributed by atoms with Crippen LogP contribution in [0.1, 0.15) is 36.8 Å². The van der Waals surface area contributed by atoms with Crippen molar-refractivity contribution in [1.82, 2.24) is 0 Å². The molecular formula is C15H20O3S. The third kappa shape index (κ3) is 4.25. The van der Waals surface area contributed by atoms with Gasteiger partial charge in [-0.25, -0.2) is 0 Å². The highest BCUT2D eigenvalue weighted by molar-refractivity contribution is 7.98. The molecule has 0 spiro atoms. The molecule has 1 N–H and O–H groups in total. The molecule has 2 unspecified atom stereocenters. The van der Waals surface area contributed by atoms with Gasteiger partial charge in [0.05, 0.1) is 12.0 Å². The van der Waals surface area contributed by atoms with Crippen molar-refractivity contribution in [3.63, 3.8) is 0 Å². The van der Waals surface area contributed by atoms with Gasteiger partial charge in [-0.3, -0.25) is 4.79 Å². The van der Waals surface area contributed by atoms with Gasteiger partial charge < -0.3 is 9.84 Å². The molecule has 1 aliphatic rings. The molecule has 0 aromatic heterocycles. The van der Waals surface area contributed by atoms with Crippen LogP contribution in [0, 0.1) is 0 Å². The molecule has 2 rings (SSSR count). The van der Waals surface area contributed by atoms with Crippen LogP contribution in [-0.4, -0.2) is 29.5 Å². The zero-order chi connectivity index (χ0) is 13.7. The van der Waals surface area contributed by atoms with Crippen LogP contribution < -0.4 is 0 Å². The molecule has 4 heteroatoms. The Bertz CT molecular complexity index is 410. The predicted octanol–water partition coefficient (Wildman–Crippen LogP) is 3.29. The van der Waals surface area contributed by atoms with Crippen LogP contribution >= 0.6 is 11.8 Å². The first-order valence-corrected chi connectivity index (χ1v) is 7.83. The van der Waals surface area contributed by atoms with Gasteiger partial charge in [0.2, 0.25) is 0 Å². The summed E-state index contributed by atoms with van der Waals surface area (Å²) in [4.78, 5) is 10.9. The lowest BCUT2D eigenvalue weighted by atomic mass is 10.0. The third-order valence-electron chi connectivity index (χ3n) is 3.45. The largest absolute Gasteiger partial charge is 0.481 e. The summed E-state index contributed by atoms with van der Waals surface area (Å²) in [6.45, 7) is 2.62. The standard InChI is InChI=1S/C15H20O3S/c1-11(15(16)17)13-6-4-12(5-7-13)9-19-10-14-3-2-8-18-14/h4-7,11,14H,2-3,8-10H2,1H3,(H,16,17). The molecule has 1 heterocycles. The molecule has 1 saturated heterocycles. The van der Waals surface area contributed by atoms with Crippen LogP contribution in [0.4, 0.5) is 0 Å². The molecule has 1 fully saturated rings. The molecule has 0 aliphatic carbocycles. The van der Waals surface area contributed by atoms with E-state index in [0.29, 0.717) is 6.10 Å². The Morgan fingerprint density at radius 1 is 1.47 bits per heavy atom. The lowest BCUT2D eigenvalue weighted by Crippen LogP contribution is -2.08. The Morgan fingerprint density at radius 2 is 2.21 bits per heavy atom. The first-order chi connectivity index (χ1) is 9.16. The fourth-order valence-corrected chi connectivity index (χ4v) is 3.20. The summed E-state index contributed by atoms with van der Waals surface area (Å²) >= 11 is 1.88. The summed E-state index contributed by atoms with van der Waals surface area (Å²) in [7, 11) is 0. The van der Waals surface area contributed by atoms with Crippen molar-refractivity contribution in [2.75, 3.05) is 12.4 Å². The number of ether oxygens (including phenoxy) is 1.